The lowest BCUT2D eigenvalue weighted by Gasteiger charge is -2.15. The number of fused-ring (bicyclic) bond motifs is 1. The first-order valence-corrected chi connectivity index (χ1v) is 9.42. The van der Waals surface area contributed by atoms with Crippen LogP contribution < -0.4 is 10.0 Å². The molecule has 3 aromatic rings. The van der Waals surface area contributed by atoms with Gasteiger partial charge in [0.05, 0.1) is 11.4 Å². The van der Waals surface area contributed by atoms with Crippen molar-refractivity contribution in [3.63, 3.8) is 0 Å². The lowest BCUT2D eigenvalue weighted by Crippen LogP contribution is -2.40. The Morgan fingerprint density at radius 3 is 2.88 bits per heavy atom. The zero-order chi connectivity index (χ0) is 17.7. The molecule has 0 radical (unpaired) electrons. The van der Waals surface area contributed by atoms with Crippen molar-refractivity contribution in [1.29, 1.82) is 0 Å². The van der Waals surface area contributed by atoms with Gasteiger partial charge in [-0.3, -0.25) is 9.67 Å². The quantitative estimate of drug-likeness (QED) is 0.576. The molecule has 0 aliphatic carbocycles. The molecule has 132 valence electrons. The van der Waals surface area contributed by atoms with Crippen molar-refractivity contribution in [3.8, 4) is 0 Å². The van der Waals surface area contributed by atoms with Gasteiger partial charge in [0.2, 0.25) is 10.0 Å². The van der Waals surface area contributed by atoms with Crippen LogP contribution in [0, 0.1) is 0 Å². The van der Waals surface area contributed by atoms with Gasteiger partial charge < -0.3 is 5.32 Å². The highest BCUT2D eigenvalue weighted by Gasteiger charge is 2.17. The molecular formula is C16H20N6O2S. The van der Waals surface area contributed by atoms with Gasteiger partial charge >= 0.3 is 0 Å². The third-order valence-corrected chi connectivity index (χ3v) is 5.30. The first kappa shape index (κ1) is 17.5. The summed E-state index contributed by atoms with van der Waals surface area (Å²) in [6, 6.07) is 6.57. The molecule has 0 amide bonds. The molecule has 25 heavy (non-hydrogen) atoms. The number of hydrogen-bond acceptors (Lipinski definition) is 6. The fourth-order valence-corrected chi connectivity index (χ4v) is 3.74. The van der Waals surface area contributed by atoms with Gasteiger partial charge in [-0.05, 0) is 30.5 Å². The van der Waals surface area contributed by atoms with E-state index in [1.165, 1.54) is 6.33 Å². The van der Waals surface area contributed by atoms with Crippen LogP contribution in [0.1, 0.15) is 6.92 Å². The molecule has 0 spiro atoms. The Hall–Kier alpha value is -2.36. The number of rotatable bonds is 8. The van der Waals surface area contributed by atoms with Gasteiger partial charge in [0.1, 0.15) is 12.7 Å². The minimum Gasteiger partial charge on any atom is -0.313 e. The van der Waals surface area contributed by atoms with Crippen LogP contribution in [0.25, 0.3) is 10.8 Å². The van der Waals surface area contributed by atoms with Crippen LogP contribution in [-0.2, 0) is 16.6 Å². The average Bonchev–Trinajstić information content (AvgIpc) is 3.11. The minimum absolute atomic E-state index is 0.242. The maximum absolute atomic E-state index is 12.5. The molecule has 2 heterocycles. The Morgan fingerprint density at radius 1 is 1.20 bits per heavy atom. The fraction of sp³-hybridized carbons (Fsp3) is 0.312. The number of nitrogens with one attached hydrogen (secondary N) is 2. The summed E-state index contributed by atoms with van der Waals surface area (Å²) in [5, 5.41) is 8.96. The molecule has 3 rings (SSSR count). The van der Waals surface area contributed by atoms with Crippen molar-refractivity contribution in [2.45, 2.75) is 24.4 Å². The molecule has 1 aromatic carbocycles. The second-order valence-corrected chi connectivity index (χ2v) is 7.48. The summed E-state index contributed by atoms with van der Waals surface area (Å²) in [6.07, 6.45) is 6.48. The molecular weight excluding hydrogens is 340 g/mol. The van der Waals surface area contributed by atoms with Crippen molar-refractivity contribution >= 4 is 20.8 Å². The van der Waals surface area contributed by atoms with E-state index in [0.717, 1.165) is 10.8 Å². The lowest BCUT2D eigenvalue weighted by atomic mass is 10.2. The number of sulfonamides is 1. The van der Waals surface area contributed by atoms with E-state index in [1.54, 1.807) is 47.7 Å². The van der Waals surface area contributed by atoms with Gasteiger partial charge in [0, 0.05) is 36.9 Å². The van der Waals surface area contributed by atoms with Crippen molar-refractivity contribution in [1.82, 2.24) is 29.8 Å². The zero-order valence-corrected chi connectivity index (χ0v) is 14.6. The second kappa shape index (κ2) is 7.68. The molecule has 0 saturated carbocycles. The first-order chi connectivity index (χ1) is 12.0. The Bertz CT molecular complexity index is 927. The highest BCUT2D eigenvalue weighted by molar-refractivity contribution is 7.89. The Kier molecular flexibility index (Phi) is 5.37. The van der Waals surface area contributed by atoms with Crippen molar-refractivity contribution < 1.29 is 8.42 Å². The van der Waals surface area contributed by atoms with Crippen LogP contribution in [0.3, 0.4) is 0 Å². The summed E-state index contributed by atoms with van der Waals surface area (Å²) in [7, 11) is -3.57. The van der Waals surface area contributed by atoms with Gasteiger partial charge in [0.25, 0.3) is 0 Å². The Labute approximate surface area is 146 Å². The largest absolute Gasteiger partial charge is 0.313 e. The topological polar surface area (TPSA) is 102 Å². The second-order valence-electron chi connectivity index (χ2n) is 5.77. The molecule has 9 heteroatoms. The van der Waals surface area contributed by atoms with Crippen LogP contribution in [-0.4, -0.2) is 47.3 Å². The van der Waals surface area contributed by atoms with E-state index in [2.05, 4.69) is 25.1 Å². The van der Waals surface area contributed by atoms with Gasteiger partial charge in [-0.1, -0.05) is 6.07 Å². The van der Waals surface area contributed by atoms with Crippen molar-refractivity contribution in [2.24, 2.45) is 0 Å². The highest BCUT2D eigenvalue weighted by Crippen LogP contribution is 2.18. The van der Waals surface area contributed by atoms with E-state index >= 15 is 0 Å². The smallest absolute Gasteiger partial charge is 0.240 e. The fourth-order valence-electron chi connectivity index (χ4n) is 2.46. The predicted molar refractivity (Wildman–Crippen MR) is 94.4 cm³/mol. The standard InChI is InChI=1S/C16H20N6O2S/c1-13(9-18-6-7-22-12-19-11-20-22)21-25(23,24)16-3-2-15-10-17-5-4-14(15)8-16/h2-5,8,10-13,18,21H,6-7,9H2,1H3. The zero-order valence-electron chi connectivity index (χ0n) is 13.8. The summed E-state index contributed by atoms with van der Waals surface area (Å²) in [5.74, 6) is 0. The highest BCUT2D eigenvalue weighted by atomic mass is 32.2. The molecule has 0 aliphatic rings. The van der Waals surface area contributed by atoms with Crippen LogP contribution in [0.2, 0.25) is 0 Å². The third-order valence-electron chi connectivity index (χ3n) is 3.71. The maximum Gasteiger partial charge on any atom is 0.240 e. The van der Waals surface area contributed by atoms with Crippen LogP contribution in [0.15, 0.2) is 54.2 Å². The number of aromatic nitrogens is 4. The number of nitrogens with zero attached hydrogens (tertiary/aromatic N) is 4. The lowest BCUT2D eigenvalue weighted by molar-refractivity contribution is 0.508. The van der Waals surface area contributed by atoms with E-state index in [4.69, 9.17) is 0 Å². The molecule has 0 aliphatic heterocycles. The number of benzene rings is 1. The normalized spacial score (nSPS) is 13.2. The molecule has 1 atom stereocenters. The average molecular weight is 360 g/mol. The molecule has 0 saturated heterocycles. The van der Waals surface area contributed by atoms with Crippen LogP contribution >= 0.6 is 0 Å². The summed E-state index contributed by atoms with van der Waals surface area (Å²) < 4.78 is 29.5. The van der Waals surface area contributed by atoms with Gasteiger partial charge in [0.15, 0.2) is 0 Å². The SMILES string of the molecule is CC(CNCCn1cncn1)NS(=O)(=O)c1ccc2cnccc2c1. The summed E-state index contributed by atoms with van der Waals surface area (Å²) >= 11 is 0. The third kappa shape index (κ3) is 4.59. The van der Waals surface area contributed by atoms with E-state index in [-0.39, 0.29) is 10.9 Å². The van der Waals surface area contributed by atoms with Gasteiger partial charge in [-0.2, -0.15) is 5.10 Å². The van der Waals surface area contributed by atoms with Gasteiger partial charge in [-0.15, -0.1) is 0 Å². The molecule has 0 fully saturated rings. The van der Waals surface area contributed by atoms with Gasteiger partial charge in [-0.25, -0.2) is 18.1 Å². The maximum atomic E-state index is 12.5. The number of pyridine rings is 1. The molecule has 0 bridgehead atoms. The number of hydrogen-bond donors (Lipinski definition) is 2. The summed E-state index contributed by atoms with van der Waals surface area (Å²) in [5.41, 5.74) is 0. The van der Waals surface area contributed by atoms with Crippen molar-refractivity contribution in [2.75, 3.05) is 13.1 Å². The molecule has 2 N–H and O–H groups in total. The predicted octanol–water partition coefficient (Wildman–Crippen LogP) is 0.783. The first-order valence-electron chi connectivity index (χ1n) is 7.94. The van der Waals surface area contributed by atoms with E-state index in [1.807, 2.05) is 6.92 Å². The molecule has 8 nitrogen and oxygen atoms in total. The summed E-state index contributed by atoms with van der Waals surface area (Å²) in [4.78, 5) is 8.15. The summed E-state index contributed by atoms with van der Waals surface area (Å²) in [6.45, 7) is 3.70. The Morgan fingerprint density at radius 2 is 2.08 bits per heavy atom. The van der Waals surface area contributed by atoms with Crippen LogP contribution in [0.4, 0.5) is 0 Å². The molecule has 1 unspecified atom stereocenters. The Balaban J connectivity index is 1.56. The van der Waals surface area contributed by atoms with E-state index in [9.17, 15) is 8.42 Å². The van der Waals surface area contributed by atoms with Crippen LogP contribution in [0.5, 0.6) is 0 Å². The molecule has 2 aromatic heterocycles. The monoisotopic (exact) mass is 360 g/mol. The van der Waals surface area contributed by atoms with Crippen molar-refractivity contribution in [3.05, 3.63) is 49.3 Å². The van der Waals surface area contributed by atoms with E-state index in [0.29, 0.717) is 19.6 Å². The minimum atomic E-state index is -3.57. The van der Waals surface area contributed by atoms with E-state index < -0.39 is 10.0 Å².